The zero-order valence-electron chi connectivity index (χ0n) is 17.8. The maximum Gasteiger partial charge on any atom is 0.224 e. The van der Waals surface area contributed by atoms with E-state index in [0.717, 1.165) is 39.4 Å². The van der Waals surface area contributed by atoms with Crippen molar-refractivity contribution in [2.24, 2.45) is 5.92 Å². The zero-order valence-corrected chi connectivity index (χ0v) is 20.2. The fourth-order valence-corrected chi connectivity index (χ4v) is 7.11. The Hall–Kier alpha value is -2.59. The summed E-state index contributed by atoms with van der Waals surface area (Å²) in [5.41, 5.74) is 6.16. The van der Waals surface area contributed by atoms with Crippen molar-refractivity contribution in [1.29, 1.82) is 0 Å². The Morgan fingerprint density at radius 1 is 1.30 bits per heavy atom. The third kappa shape index (κ3) is 3.59. The lowest BCUT2D eigenvalue weighted by Gasteiger charge is -2.20. The van der Waals surface area contributed by atoms with Gasteiger partial charge in [-0.3, -0.25) is 14.7 Å². The van der Waals surface area contributed by atoms with E-state index in [9.17, 15) is 4.79 Å². The molecule has 2 aliphatic rings. The topological polar surface area (TPSA) is 84.7 Å². The Balaban J connectivity index is 1.37. The van der Waals surface area contributed by atoms with Crippen LogP contribution in [0.15, 0.2) is 35.2 Å². The van der Waals surface area contributed by atoms with Gasteiger partial charge in [-0.05, 0) is 37.0 Å². The number of thiophene rings is 1. The molecule has 0 fully saturated rings. The molecule has 0 saturated heterocycles. The number of amides is 1. The van der Waals surface area contributed by atoms with Crippen LogP contribution in [0.5, 0.6) is 0 Å². The Morgan fingerprint density at radius 2 is 2.18 bits per heavy atom. The fraction of sp³-hybridized carbons (Fsp3) is 0.304. The minimum Gasteiger partial charge on any atom is -0.350 e. The largest absolute Gasteiger partial charge is 0.350 e. The first-order valence-electron chi connectivity index (χ1n) is 10.8. The molecule has 0 unspecified atom stereocenters. The summed E-state index contributed by atoms with van der Waals surface area (Å²) < 4.78 is 2.15. The number of nitrogens with zero attached hydrogens (tertiary/aromatic N) is 4. The van der Waals surface area contributed by atoms with Gasteiger partial charge >= 0.3 is 0 Å². The molecule has 1 amide bonds. The number of fused-ring (bicyclic) bond motifs is 5. The van der Waals surface area contributed by atoms with Gasteiger partial charge in [0.15, 0.2) is 5.82 Å². The van der Waals surface area contributed by atoms with Crippen LogP contribution < -0.4 is 10.6 Å². The quantitative estimate of drug-likeness (QED) is 0.446. The van der Waals surface area contributed by atoms with Gasteiger partial charge in [-0.15, -0.1) is 32.9 Å². The maximum absolute atomic E-state index is 13.0. The molecule has 10 heteroatoms. The second kappa shape index (κ2) is 8.32. The molecule has 6 rings (SSSR count). The number of hydrogen-bond acceptors (Lipinski definition) is 7. The van der Waals surface area contributed by atoms with E-state index in [1.54, 1.807) is 16.8 Å². The predicted molar refractivity (Wildman–Crippen MR) is 129 cm³/mol. The normalized spacial score (nSPS) is 19.0. The lowest BCUT2D eigenvalue weighted by atomic mass is 9.95. The van der Waals surface area contributed by atoms with Crippen LogP contribution in [0.2, 0.25) is 5.02 Å². The highest BCUT2D eigenvalue weighted by atomic mass is 35.5. The van der Waals surface area contributed by atoms with E-state index in [2.05, 4.69) is 36.4 Å². The van der Waals surface area contributed by atoms with Crippen LogP contribution in [0.1, 0.15) is 45.0 Å². The average Bonchev–Trinajstić information content (AvgIpc) is 3.57. The molecule has 1 aliphatic carbocycles. The molecule has 1 aliphatic heterocycles. The molecular formula is C23H21ClN6OS2. The van der Waals surface area contributed by atoms with Crippen LogP contribution in [0.25, 0.3) is 5.00 Å². The number of carbonyl (C=O) groups is 1. The Labute approximate surface area is 203 Å². The van der Waals surface area contributed by atoms with Crippen LogP contribution in [0.3, 0.4) is 0 Å². The van der Waals surface area contributed by atoms with E-state index in [1.165, 1.54) is 27.3 Å². The summed E-state index contributed by atoms with van der Waals surface area (Å²) in [6.45, 7) is 3.04. The Morgan fingerprint density at radius 3 is 3.00 bits per heavy atom. The number of nitrogens with one attached hydrogen (secondary N) is 2. The predicted octanol–water partition coefficient (Wildman–Crippen LogP) is 3.97. The summed E-state index contributed by atoms with van der Waals surface area (Å²) in [6.07, 6.45) is 1.45. The Kier molecular flexibility index (Phi) is 5.29. The van der Waals surface area contributed by atoms with Gasteiger partial charge in [-0.25, -0.2) is 4.98 Å². The number of carbonyl (C=O) groups excluding carboxylic acids is 1. The molecule has 0 saturated carbocycles. The minimum absolute atomic E-state index is 0.0770. The van der Waals surface area contributed by atoms with Crippen molar-refractivity contribution in [2.75, 3.05) is 0 Å². The summed E-state index contributed by atoms with van der Waals surface area (Å²) in [6, 6.07) is 7.88. The molecule has 33 heavy (non-hydrogen) atoms. The maximum atomic E-state index is 13.0. The summed E-state index contributed by atoms with van der Waals surface area (Å²) in [5, 5.41) is 19.3. The van der Waals surface area contributed by atoms with Crippen LogP contribution in [0, 0.1) is 12.8 Å². The van der Waals surface area contributed by atoms with E-state index in [4.69, 9.17) is 11.6 Å². The molecule has 2 atom stereocenters. The molecule has 1 aromatic carbocycles. The highest BCUT2D eigenvalue weighted by molar-refractivity contribution is 7.15. The van der Waals surface area contributed by atoms with E-state index >= 15 is 0 Å². The third-order valence-corrected chi connectivity index (χ3v) is 8.59. The van der Waals surface area contributed by atoms with Gasteiger partial charge in [0.25, 0.3) is 0 Å². The smallest absolute Gasteiger partial charge is 0.224 e. The molecular weight excluding hydrogens is 476 g/mol. The van der Waals surface area contributed by atoms with Crippen LogP contribution in [-0.4, -0.2) is 25.7 Å². The van der Waals surface area contributed by atoms with Crippen molar-refractivity contribution in [3.63, 3.8) is 0 Å². The van der Waals surface area contributed by atoms with E-state index in [-0.39, 0.29) is 17.9 Å². The van der Waals surface area contributed by atoms with Gasteiger partial charge in [0.2, 0.25) is 5.91 Å². The number of aromatic nitrogens is 4. The third-order valence-electron chi connectivity index (χ3n) is 6.36. The molecule has 4 aromatic rings. The standard InChI is InChI=1S/C23H21ClN6OS2/c1-12-28-29-19-9-25-21(15-4-2-3-5-17(15)24)20-16-6-13(7-18(16)33-23(20)30(12)19)22(31)26-8-14-10-32-11-27-14/h2-5,10-11,13,21,25H,6-9H2,1H3,(H,26,31)/t13-,21-/m0/s1. The molecule has 0 spiro atoms. The summed E-state index contributed by atoms with van der Waals surface area (Å²) in [7, 11) is 0. The van der Waals surface area contributed by atoms with Gasteiger partial charge in [0.05, 0.1) is 30.3 Å². The average molecular weight is 497 g/mol. The summed E-state index contributed by atoms with van der Waals surface area (Å²) >= 11 is 9.93. The molecule has 0 radical (unpaired) electrons. The van der Waals surface area contributed by atoms with Gasteiger partial charge in [-0.1, -0.05) is 29.8 Å². The summed E-state index contributed by atoms with van der Waals surface area (Å²) in [5.74, 6) is 1.76. The first-order chi connectivity index (χ1) is 16.1. The minimum atomic E-state index is -0.0772. The number of benzene rings is 1. The van der Waals surface area contributed by atoms with Gasteiger partial charge < -0.3 is 5.32 Å². The van der Waals surface area contributed by atoms with Crippen molar-refractivity contribution in [1.82, 2.24) is 30.4 Å². The van der Waals surface area contributed by atoms with E-state index in [1.807, 2.05) is 30.5 Å². The van der Waals surface area contributed by atoms with Gasteiger partial charge in [0, 0.05) is 26.8 Å². The van der Waals surface area contributed by atoms with Crippen molar-refractivity contribution in [3.05, 3.63) is 79.1 Å². The van der Waals surface area contributed by atoms with Crippen LogP contribution >= 0.6 is 34.3 Å². The lowest BCUT2D eigenvalue weighted by molar-refractivity contribution is -0.124. The molecule has 4 heterocycles. The second-order valence-corrected chi connectivity index (χ2v) is 10.6. The van der Waals surface area contributed by atoms with Crippen molar-refractivity contribution >= 4 is 40.2 Å². The first-order valence-corrected chi connectivity index (χ1v) is 12.9. The fourth-order valence-electron chi connectivity index (χ4n) is 4.79. The van der Waals surface area contributed by atoms with Crippen molar-refractivity contribution in [2.45, 2.75) is 38.9 Å². The van der Waals surface area contributed by atoms with E-state index in [0.29, 0.717) is 19.5 Å². The van der Waals surface area contributed by atoms with Crippen molar-refractivity contribution in [3.8, 4) is 5.00 Å². The number of halogens is 1. The van der Waals surface area contributed by atoms with Gasteiger partial charge in [-0.2, -0.15) is 0 Å². The SMILES string of the molecule is Cc1nnc2n1-c1sc3c(c1[C@H](c1ccccc1Cl)NC2)C[C@H](C(=O)NCc1cscn1)C3. The molecule has 7 nitrogen and oxygen atoms in total. The molecule has 168 valence electrons. The Bertz CT molecular complexity index is 1350. The first kappa shape index (κ1) is 21.0. The molecule has 0 bridgehead atoms. The number of thiazole rings is 1. The molecule has 3 aromatic heterocycles. The van der Waals surface area contributed by atoms with E-state index < -0.39 is 0 Å². The monoisotopic (exact) mass is 496 g/mol. The number of rotatable bonds is 4. The lowest BCUT2D eigenvalue weighted by Crippen LogP contribution is -2.31. The zero-order chi connectivity index (χ0) is 22.5. The van der Waals surface area contributed by atoms with Crippen molar-refractivity contribution < 1.29 is 4.79 Å². The highest BCUT2D eigenvalue weighted by Crippen LogP contribution is 2.46. The van der Waals surface area contributed by atoms with Crippen LogP contribution in [-0.2, 0) is 30.7 Å². The number of hydrogen-bond donors (Lipinski definition) is 2. The highest BCUT2D eigenvalue weighted by Gasteiger charge is 2.38. The number of aryl methyl sites for hydroxylation is 1. The summed E-state index contributed by atoms with van der Waals surface area (Å²) in [4.78, 5) is 18.5. The van der Waals surface area contributed by atoms with Gasteiger partial charge in [0.1, 0.15) is 10.8 Å². The van der Waals surface area contributed by atoms with Crippen LogP contribution in [0.4, 0.5) is 0 Å². The molecule has 2 N–H and O–H groups in total. The second-order valence-electron chi connectivity index (χ2n) is 8.36.